The van der Waals surface area contributed by atoms with Crippen molar-refractivity contribution in [1.29, 1.82) is 0 Å². The molecule has 32 heavy (non-hydrogen) atoms. The van der Waals surface area contributed by atoms with Crippen molar-refractivity contribution < 1.29 is 24.9 Å². The first-order chi connectivity index (χ1) is 15.4. The lowest BCUT2D eigenvalue weighted by Crippen LogP contribution is -2.39. The van der Waals surface area contributed by atoms with Crippen LogP contribution in [0.1, 0.15) is 58.3 Å². The summed E-state index contributed by atoms with van der Waals surface area (Å²) in [5.74, 6) is -0.427. The van der Waals surface area contributed by atoms with E-state index in [1.165, 1.54) is 31.0 Å². The van der Waals surface area contributed by atoms with Gasteiger partial charge in [-0.05, 0) is 32.1 Å². The molecule has 0 aromatic heterocycles. The standard InChI is InChI=1S/C24H40N2O5S/c1-2-3-4-5-6-7-8-9-10-11-12-13-16-22(21(27)15-14-17-23(28)29)32-19-20(25)18-26-24(30)31/h6-7,9-13,16,20-22,26-27H,2-5,8,14-15,17-19,25H2,1H3,(H,28,29)(H,30,31)/b7-6-,10-9-,12-11+,16-13+/t20-,21+,22-/m1/s1. The van der Waals surface area contributed by atoms with Crippen LogP contribution in [0.2, 0.25) is 0 Å². The summed E-state index contributed by atoms with van der Waals surface area (Å²) in [6.07, 6.45) is 20.6. The largest absolute Gasteiger partial charge is 0.481 e. The monoisotopic (exact) mass is 468 g/mol. The minimum absolute atomic E-state index is 0.0119. The number of aliphatic hydroxyl groups is 1. The summed E-state index contributed by atoms with van der Waals surface area (Å²) in [5, 5.41) is 29.9. The van der Waals surface area contributed by atoms with Crippen LogP contribution in [0.4, 0.5) is 4.79 Å². The van der Waals surface area contributed by atoms with Crippen LogP contribution < -0.4 is 11.1 Å². The zero-order valence-electron chi connectivity index (χ0n) is 19.1. The third kappa shape index (κ3) is 19.9. The molecule has 182 valence electrons. The molecule has 6 N–H and O–H groups in total. The SMILES string of the molecule is CCCCC/C=C\C\C=C/C=C/C=C/[C@@H](SC[C@H](N)CNC(=O)O)[C@@H](O)CCCC(=O)O. The van der Waals surface area contributed by atoms with Gasteiger partial charge in [-0.15, -0.1) is 11.8 Å². The first kappa shape index (κ1) is 30.0. The van der Waals surface area contributed by atoms with Crippen LogP contribution in [0.25, 0.3) is 0 Å². The van der Waals surface area contributed by atoms with Crippen molar-refractivity contribution >= 4 is 23.8 Å². The number of rotatable bonds is 19. The van der Waals surface area contributed by atoms with Crippen molar-refractivity contribution in [3.05, 3.63) is 48.6 Å². The first-order valence-electron chi connectivity index (χ1n) is 11.3. The first-order valence-corrected chi connectivity index (χ1v) is 12.3. The van der Waals surface area contributed by atoms with Gasteiger partial charge in [0.1, 0.15) is 0 Å². The van der Waals surface area contributed by atoms with Crippen LogP contribution in [0.15, 0.2) is 48.6 Å². The number of thioether (sulfide) groups is 1. The maximum absolute atomic E-state index is 10.7. The summed E-state index contributed by atoms with van der Waals surface area (Å²) in [4.78, 5) is 21.3. The number of nitrogens with one attached hydrogen (secondary N) is 1. The summed E-state index contributed by atoms with van der Waals surface area (Å²) in [7, 11) is 0. The van der Waals surface area contributed by atoms with Gasteiger partial charge in [-0.3, -0.25) is 4.79 Å². The Kier molecular flexibility index (Phi) is 19.5. The van der Waals surface area contributed by atoms with Crippen molar-refractivity contribution in [2.24, 2.45) is 5.73 Å². The van der Waals surface area contributed by atoms with Gasteiger partial charge in [-0.1, -0.05) is 68.4 Å². The van der Waals surface area contributed by atoms with E-state index in [1.807, 2.05) is 30.4 Å². The van der Waals surface area contributed by atoms with Gasteiger partial charge >= 0.3 is 12.1 Å². The van der Waals surface area contributed by atoms with Gasteiger partial charge in [0.2, 0.25) is 0 Å². The normalized spacial score (nSPS) is 15.1. The second-order valence-corrected chi connectivity index (χ2v) is 8.71. The number of hydrogen-bond acceptors (Lipinski definition) is 5. The second-order valence-electron chi connectivity index (χ2n) is 7.50. The molecule has 8 heteroatoms. The number of carbonyl (C=O) groups is 2. The lowest BCUT2D eigenvalue weighted by Gasteiger charge is -2.21. The lowest BCUT2D eigenvalue weighted by molar-refractivity contribution is -0.137. The molecule has 0 unspecified atom stereocenters. The Morgan fingerprint density at radius 1 is 1.03 bits per heavy atom. The maximum Gasteiger partial charge on any atom is 0.404 e. The lowest BCUT2D eigenvalue weighted by atomic mass is 10.1. The van der Waals surface area contributed by atoms with Gasteiger partial charge in [0.15, 0.2) is 0 Å². The van der Waals surface area contributed by atoms with E-state index in [9.17, 15) is 14.7 Å². The molecule has 0 spiro atoms. The summed E-state index contributed by atoms with van der Waals surface area (Å²) in [5.41, 5.74) is 5.92. The molecule has 0 fully saturated rings. The molecular formula is C24H40N2O5S. The van der Waals surface area contributed by atoms with Crippen molar-refractivity contribution in [3.8, 4) is 0 Å². The van der Waals surface area contributed by atoms with E-state index in [0.29, 0.717) is 18.6 Å². The number of carboxylic acid groups (broad SMARTS) is 2. The van der Waals surface area contributed by atoms with Gasteiger partial charge < -0.3 is 26.4 Å². The van der Waals surface area contributed by atoms with Crippen molar-refractivity contribution in [2.75, 3.05) is 12.3 Å². The van der Waals surface area contributed by atoms with E-state index in [0.717, 1.165) is 12.8 Å². The Labute approximate surface area is 196 Å². The minimum atomic E-state index is -1.12. The Hall–Kier alpha value is -2.03. The van der Waals surface area contributed by atoms with E-state index in [4.69, 9.17) is 15.9 Å². The number of carboxylic acids is 1. The molecule has 0 heterocycles. The number of aliphatic carboxylic acids is 1. The Balaban J connectivity index is 4.55. The fourth-order valence-electron chi connectivity index (χ4n) is 2.70. The highest BCUT2D eigenvalue weighted by molar-refractivity contribution is 8.00. The van der Waals surface area contributed by atoms with Gasteiger partial charge in [-0.2, -0.15) is 0 Å². The fourth-order valence-corrected chi connectivity index (χ4v) is 3.84. The number of hydrogen-bond donors (Lipinski definition) is 5. The zero-order chi connectivity index (χ0) is 24.0. The molecule has 0 saturated heterocycles. The number of aliphatic hydroxyl groups excluding tert-OH is 1. The molecule has 0 aromatic carbocycles. The van der Waals surface area contributed by atoms with Crippen molar-refractivity contribution in [3.63, 3.8) is 0 Å². The summed E-state index contributed by atoms with van der Waals surface area (Å²) >= 11 is 1.43. The third-order valence-corrected chi connectivity index (χ3v) is 5.95. The van der Waals surface area contributed by atoms with E-state index < -0.39 is 18.2 Å². The number of nitrogens with two attached hydrogens (primary N) is 1. The predicted molar refractivity (Wildman–Crippen MR) is 133 cm³/mol. The highest BCUT2D eigenvalue weighted by Gasteiger charge is 2.18. The summed E-state index contributed by atoms with van der Waals surface area (Å²) < 4.78 is 0. The number of amides is 1. The third-order valence-electron chi connectivity index (χ3n) is 4.47. The second kappa shape index (κ2) is 20.8. The van der Waals surface area contributed by atoms with E-state index in [2.05, 4.69) is 30.5 Å². The molecule has 0 aliphatic carbocycles. The molecule has 0 aliphatic rings. The topological polar surface area (TPSA) is 133 Å². The van der Waals surface area contributed by atoms with Gasteiger partial charge in [0, 0.05) is 30.0 Å². The molecule has 3 atom stereocenters. The smallest absolute Gasteiger partial charge is 0.404 e. The molecule has 7 nitrogen and oxygen atoms in total. The minimum Gasteiger partial charge on any atom is -0.481 e. The van der Waals surface area contributed by atoms with Crippen LogP contribution in [0.5, 0.6) is 0 Å². The van der Waals surface area contributed by atoms with Crippen molar-refractivity contribution in [1.82, 2.24) is 5.32 Å². The number of allylic oxidation sites excluding steroid dienone is 7. The zero-order valence-corrected chi connectivity index (χ0v) is 19.9. The molecule has 0 saturated carbocycles. The molecule has 0 aromatic rings. The summed E-state index contributed by atoms with van der Waals surface area (Å²) in [6, 6.07) is -0.383. The molecule has 0 aliphatic heterocycles. The average molecular weight is 469 g/mol. The van der Waals surface area contributed by atoms with E-state index >= 15 is 0 Å². The Morgan fingerprint density at radius 3 is 2.47 bits per heavy atom. The molecule has 0 bridgehead atoms. The predicted octanol–water partition coefficient (Wildman–Crippen LogP) is 4.49. The highest BCUT2D eigenvalue weighted by Crippen LogP contribution is 2.21. The molecule has 1 amide bonds. The fraction of sp³-hybridized carbons (Fsp3) is 0.583. The van der Waals surface area contributed by atoms with Crippen LogP contribution in [0, 0.1) is 0 Å². The summed E-state index contributed by atoms with van der Waals surface area (Å²) in [6.45, 7) is 2.33. The average Bonchev–Trinajstić information content (AvgIpc) is 2.74. The van der Waals surface area contributed by atoms with E-state index in [1.54, 1.807) is 0 Å². The van der Waals surface area contributed by atoms with Crippen LogP contribution in [0.3, 0.4) is 0 Å². The van der Waals surface area contributed by atoms with Gasteiger partial charge in [0.05, 0.1) is 6.10 Å². The molecule has 0 radical (unpaired) electrons. The number of unbranched alkanes of at least 4 members (excludes halogenated alkanes) is 3. The van der Waals surface area contributed by atoms with Crippen molar-refractivity contribution in [2.45, 2.75) is 75.7 Å². The molecular weight excluding hydrogens is 428 g/mol. The Bertz CT molecular complexity index is 620. The quantitative estimate of drug-likeness (QED) is 0.107. The van der Waals surface area contributed by atoms with Crippen LogP contribution >= 0.6 is 11.8 Å². The van der Waals surface area contributed by atoms with Crippen LogP contribution in [-0.4, -0.2) is 57.1 Å². The van der Waals surface area contributed by atoms with Crippen LogP contribution in [-0.2, 0) is 4.79 Å². The van der Waals surface area contributed by atoms with Gasteiger partial charge in [0.25, 0.3) is 0 Å². The van der Waals surface area contributed by atoms with E-state index in [-0.39, 0.29) is 24.3 Å². The molecule has 0 rings (SSSR count). The Morgan fingerprint density at radius 2 is 1.78 bits per heavy atom. The highest BCUT2D eigenvalue weighted by atomic mass is 32.2. The maximum atomic E-state index is 10.7. The van der Waals surface area contributed by atoms with Gasteiger partial charge in [-0.25, -0.2) is 4.79 Å².